The smallest absolute Gasteiger partial charge is 0.244 e. The lowest BCUT2D eigenvalue weighted by Crippen LogP contribution is -2.23. The number of hydrogen-bond donors (Lipinski definition) is 1. The maximum absolute atomic E-state index is 12.2. The molecule has 0 bridgehead atoms. The van der Waals surface area contributed by atoms with Crippen LogP contribution in [-0.4, -0.2) is 39.7 Å². The predicted molar refractivity (Wildman–Crippen MR) is 115 cm³/mol. The van der Waals surface area contributed by atoms with Crippen LogP contribution in [0.2, 0.25) is 0 Å². The molecule has 1 aliphatic heterocycles. The standard InChI is InChI=1S/C23H26N2O5/c1-28-19-13-17(14-20(29-2)23(19)30-3)15-24-21(26)11-8-16-6-9-18(10-7-16)25-12-4-5-22(25)27/h6-11,13-14H,4-5,12,15H2,1-3H3,(H,24,26)/b11-8+. The minimum atomic E-state index is -0.220. The first-order valence-electron chi connectivity index (χ1n) is 9.71. The van der Waals surface area contributed by atoms with Crippen LogP contribution in [0.1, 0.15) is 24.0 Å². The Morgan fingerprint density at radius 1 is 1.07 bits per heavy atom. The van der Waals surface area contributed by atoms with Crippen molar-refractivity contribution >= 4 is 23.6 Å². The summed E-state index contributed by atoms with van der Waals surface area (Å²) in [6.07, 6.45) is 4.72. The Bertz CT molecular complexity index is 912. The van der Waals surface area contributed by atoms with Crippen LogP contribution < -0.4 is 24.4 Å². The minimum absolute atomic E-state index is 0.157. The molecule has 0 spiro atoms. The molecule has 7 heteroatoms. The van der Waals surface area contributed by atoms with E-state index in [2.05, 4.69) is 5.32 Å². The van der Waals surface area contributed by atoms with E-state index in [1.165, 1.54) is 6.08 Å². The summed E-state index contributed by atoms with van der Waals surface area (Å²) < 4.78 is 16.0. The third-order valence-electron chi connectivity index (χ3n) is 4.90. The molecule has 0 aliphatic carbocycles. The van der Waals surface area contributed by atoms with Gasteiger partial charge in [0.1, 0.15) is 0 Å². The number of benzene rings is 2. The van der Waals surface area contributed by atoms with Crippen molar-refractivity contribution in [3.8, 4) is 17.2 Å². The number of carbonyl (C=O) groups excluding carboxylic acids is 2. The van der Waals surface area contributed by atoms with Gasteiger partial charge in [-0.15, -0.1) is 0 Å². The topological polar surface area (TPSA) is 77.1 Å². The second-order valence-corrected chi connectivity index (χ2v) is 6.83. The first-order valence-corrected chi connectivity index (χ1v) is 9.71. The van der Waals surface area contributed by atoms with E-state index in [-0.39, 0.29) is 11.8 Å². The Balaban J connectivity index is 1.59. The number of nitrogens with zero attached hydrogens (tertiary/aromatic N) is 1. The number of ether oxygens (including phenoxy) is 3. The summed E-state index contributed by atoms with van der Waals surface area (Å²) in [5, 5.41) is 2.84. The molecule has 1 N–H and O–H groups in total. The molecule has 0 saturated carbocycles. The van der Waals surface area contributed by atoms with Gasteiger partial charge < -0.3 is 24.4 Å². The Morgan fingerprint density at radius 2 is 1.73 bits per heavy atom. The highest BCUT2D eigenvalue weighted by Crippen LogP contribution is 2.38. The molecule has 0 radical (unpaired) electrons. The SMILES string of the molecule is COc1cc(CNC(=O)/C=C/c2ccc(N3CCCC3=O)cc2)cc(OC)c1OC. The lowest BCUT2D eigenvalue weighted by atomic mass is 10.1. The molecule has 1 saturated heterocycles. The molecule has 0 unspecified atom stereocenters. The molecule has 30 heavy (non-hydrogen) atoms. The molecule has 2 amide bonds. The molecule has 158 valence electrons. The highest BCUT2D eigenvalue weighted by molar-refractivity contribution is 5.95. The fourth-order valence-corrected chi connectivity index (χ4v) is 3.34. The van der Waals surface area contributed by atoms with Gasteiger partial charge in [-0.1, -0.05) is 12.1 Å². The fourth-order valence-electron chi connectivity index (χ4n) is 3.34. The van der Waals surface area contributed by atoms with Crippen LogP contribution in [-0.2, 0) is 16.1 Å². The van der Waals surface area contributed by atoms with Gasteiger partial charge in [0.15, 0.2) is 11.5 Å². The molecular formula is C23H26N2O5. The summed E-state index contributed by atoms with van der Waals surface area (Å²) in [5.41, 5.74) is 2.60. The van der Waals surface area contributed by atoms with Crippen molar-refractivity contribution in [1.82, 2.24) is 5.32 Å². The van der Waals surface area contributed by atoms with E-state index in [4.69, 9.17) is 14.2 Å². The van der Waals surface area contributed by atoms with Gasteiger partial charge >= 0.3 is 0 Å². The molecule has 1 heterocycles. The van der Waals surface area contributed by atoms with Crippen LogP contribution in [0.15, 0.2) is 42.5 Å². The van der Waals surface area contributed by atoms with Gasteiger partial charge in [-0.05, 0) is 47.9 Å². The number of nitrogens with one attached hydrogen (secondary N) is 1. The van der Waals surface area contributed by atoms with E-state index in [1.807, 2.05) is 24.3 Å². The largest absolute Gasteiger partial charge is 0.493 e. The molecule has 1 fully saturated rings. The van der Waals surface area contributed by atoms with E-state index < -0.39 is 0 Å². The molecule has 2 aromatic rings. The van der Waals surface area contributed by atoms with E-state index in [1.54, 1.807) is 44.4 Å². The third-order valence-corrected chi connectivity index (χ3v) is 4.90. The second kappa shape index (κ2) is 9.82. The van der Waals surface area contributed by atoms with E-state index >= 15 is 0 Å². The van der Waals surface area contributed by atoms with Gasteiger partial charge in [0, 0.05) is 31.3 Å². The van der Waals surface area contributed by atoms with Crippen molar-refractivity contribution in [3.05, 3.63) is 53.6 Å². The van der Waals surface area contributed by atoms with Crippen molar-refractivity contribution in [2.24, 2.45) is 0 Å². The van der Waals surface area contributed by atoms with Gasteiger partial charge in [-0.25, -0.2) is 0 Å². The van der Waals surface area contributed by atoms with Crippen molar-refractivity contribution in [2.75, 3.05) is 32.8 Å². The number of anilines is 1. The highest BCUT2D eigenvalue weighted by Gasteiger charge is 2.21. The van der Waals surface area contributed by atoms with Crippen LogP contribution in [0, 0.1) is 0 Å². The summed E-state index contributed by atoms with van der Waals surface area (Å²) in [4.78, 5) is 25.8. The Kier molecular flexibility index (Phi) is 6.95. The van der Waals surface area contributed by atoms with Crippen LogP contribution >= 0.6 is 0 Å². The number of hydrogen-bond acceptors (Lipinski definition) is 5. The molecule has 0 atom stereocenters. The second-order valence-electron chi connectivity index (χ2n) is 6.83. The highest BCUT2D eigenvalue weighted by atomic mass is 16.5. The quantitative estimate of drug-likeness (QED) is 0.677. The normalized spacial score (nSPS) is 13.6. The maximum atomic E-state index is 12.2. The predicted octanol–water partition coefficient (Wildman–Crippen LogP) is 3.17. The summed E-state index contributed by atoms with van der Waals surface area (Å²) in [6, 6.07) is 11.2. The summed E-state index contributed by atoms with van der Waals surface area (Å²) in [5.74, 6) is 1.52. The third kappa shape index (κ3) is 4.92. The zero-order valence-electron chi connectivity index (χ0n) is 17.4. The van der Waals surface area contributed by atoms with Crippen LogP contribution in [0.25, 0.3) is 6.08 Å². The zero-order chi connectivity index (χ0) is 21.5. The molecule has 2 aromatic carbocycles. The van der Waals surface area contributed by atoms with Gasteiger partial charge in [0.2, 0.25) is 17.6 Å². The lowest BCUT2D eigenvalue weighted by Gasteiger charge is -2.15. The van der Waals surface area contributed by atoms with Crippen molar-refractivity contribution in [1.29, 1.82) is 0 Å². The first kappa shape index (κ1) is 21.2. The number of carbonyl (C=O) groups is 2. The van der Waals surface area contributed by atoms with E-state index in [9.17, 15) is 9.59 Å². The van der Waals surface area contributed by atoms with Gasteiger partial charge in [0.05, 0.1) is 21.3 Å². The van der Waals surface area contributed by atoms with Gasteiger partial charge in [-0.3, -0.25) is 9.59 Å². The van der Waals surface area contributed by atoms with Crippen molar-refractivity contribution in [3.63, 3.8) is 0 Å². The Labute approximate surface area is 176 Å². The van der Waals surface area contributed by atoms with Crippen LogP contribution in [0.5, 0.6) is 17.2 Å². The van der Waals surface area contributed by atoms with Crippen molar-refractivity contribution in [2.45, 2.75) is 19.4 Å². The maximum Gasteiger partial charge on any atom is 0.244 e. The molecule has 3 rings (SSSR count). The van der Waals surface area contributed by atoms with E-state index in [0.717, 1.165) is 29.8 Å². The van der Waals surface area contributed by atoms with Gasteiger partial charge in [-0.2, -0.15) is 0 Å². The van der Waals surface area contributed by atoms with Crippen LogP contribution in [0.3, 0.4) is 0 Å². The minimum Gasteiger partial charge on any atom is -0.493 e. The zero-order valence-corrected chi connectivity index (χ0v) is 17.4. The number of rotatable bonds is 8. The number of amides is 2. The monoisotopic (exact) mass is 410 g/mol. The average Bonchev–Trinajstić information content (AvgIpc) is 3.21. The first-order chi connectivity index (χ1) is 14.5. The Morgan fingerprint density at radius 3 is 2.27 bits per heavy atom. The van der Waals surface area contributed by atoms with E-state index in [0.29, 0.717) is 30.2 Å². The number of methoxy groups -OCH3 is 3. The molecular weight excluding hydrogens is 384 g/mol. The summed E-state index contributed by atoms with van der Waals surface area (Å²) in [6.45, 7) is 1.08. The molecule has 1 aliphatic rings. The summed E-state index contributed by atoms with van der Waals surface area (Å²) in [7, 11) is 4.64. The van der Waals surface area contributed by atoms with Gasteiger partial charge in [0.25, 0.3) is 0 Å². The Hall–Kier alpha value is -3.48. The van der Waals surface area contributed by atoms with Crippen LogP contribution in [0.4, 0.5) is 5.69 Å². The summed E-state index contributed by atoms with van der Waals surface area (Å²) >= 11 is 0. The molecule has 7 nitrogen and oxygen atoms in total. The molecule has 0 aromatic heterocycles. The lowest BCUT2D eigenvalue weighted by molar-refractivity contribution is -0.117. The fraction of sp³-hybridized carbons (Fsp3) is 0.304. The average molecular weight is 410 g/mol. The van der Waals surface area contributed by atoms with Crippen molar-refractivity contribution < 1.29 is 23.8 Å².